The van der Waals surface area contributed by atoms with Crippen LogP contribution in [0.1, 0.15) is 6.42 Å². The molecular formula is C19H27FN6O2. The molecule has 3 heterocycles. The molecule has 1 aromatic rings. The average Bonchev–Trinajstić information content (AvgIpc) is 3.14. The van der Waals surface area contributed by atoms with Crippen molar-refractivity contribution in [2.24, 2.45) is 5.92 Å². The van der Waals surface area contributed by atoms with Crippen LogP contribution in [0.25, 0.3) is 0 Å². The number of carbonyl (C=O) groups excluding carboxylic acids is 2. The predicted octanol–water partition coefficient (Wildman–Crippen LogP) is -0.637. The highest BCUT2D eigenvalue weighted by Crippen LogP contribution is 2.22. The first kappa shape index (κ1) is 19.3. The zero-order chi connectivity index (χ0) is 19.5. The highest BCUT2D eigenvalue weighted by molar-refractivity contribution is 5.92. The van der Waals surface area contributed by atoms with E-state index in [0.717, 1.165) is 19.5 Å². The standard InChI is InChI=1S/C19H27FN6O2/c20-13-1-3-14(4-2-13)22-17(27)12-25-7-9-26(10-8-25)19(28)18-15-11-21-6-5-16(15)23-24-18/h1-4,15-16,18,21,23-24H,5-12H2,(H,22,27). The zero-order valence-corrected chi connectivity index (χ0v) is 15.8. The number of amides is 2. The van der Waals surface area contributed by atoms with E-state index >= 15 is 0 Å². The number of piperidine rings is 1. The van der Waals surface area contributed by atoms with Gasteiger partial charge in [-0.25, -0.2) is 9.82 Å². The molecule has 152 valence electrons. The number of nitrogens with one attached hydrogen (secondary N) is 4. The Morgan fingerprint density at radius 3 is 2.61 bits per heavy atom. The molecular weight excluding hydrogens is 363 g/mol. The quantitative estimate of drug-likeness (QED) is 0.547. The van der Waals surface area contributed by atoms with E-state index in [2.05, 4.69) is 21.5 Å². The van der Waals surface area contributed by atoms with Crippen molar-refractivity contribution in [3.05, 3.63) is 30.1 Å². The molecule has 4 N–H and O–H groups in total. The molecule has 3 aliphatic rings. The molecule has 9 heteroatoms. The van der Waals surface area contributed by atoms with E-state index in [9.17, 15) is 14.0 Å². The molecule has 1 aromatic carbocycles. The van der Waals surface area contributed by atoms with Gasteiger partial charge in [0.15, 0.2) is 0 Å². The van der Waals surface area contributed by atoms with Gasteiger partial charge < -0.3 is 15.5 Å². The van der Waals surface area contributed by atoms with Gasteiger partial charge in [0.25, 0.3) is 0 Å². The Labute approximate surface area is 163 Å². The van der Waals surface area contributed by atoms with Crippen LogP contribution >= 0.6 is 0 Å². The van der Waals surface area contributed by atoms with E-state index in [1.54, 1.807) is 12.1 Å². The van der Waals surface area contributed by atoms with Crippen LogP contribution in [0.2, 0.25) is 0 Å². The number of benzene rings is 1. The fourth-order valence-electron chi connectivity index (χ4n) is 4.22. The van der Waals surface area contributed by atoms with E-state index in [0.29, 0.717) is 37.9 Å². The minimum absolute atomic E-state index is 0.135. The second-order valence-electron chi connectivity index (χ2n) is 7.69. The number of hydrazine groups is 1. The van der Waals surface area contributed by atoms with Gasteiger partial charge in [0.05, 0.1) is 6.54 Å². The van der Waals surface area contributed by atoms with Gasteiger partial charge in [-0.15, -0.1) is 0 Å². The average molecular weight is 390 g/mol. The van der Waals surface area contributed by atoms with Crippen LogP contribution in [0.5, 0.6) is 0 Å². The van der Waals surface area contributed by atoms with E-state index in [1.165, 1.54) is 12.1 Å². The summed E-state index contributed by atoms with van der Waals surface area (Å²) in [5, 5.41) is 6.14. The molecule has 0 radical (unpaired) electrons. The third-order valence-electron chi connectivity index (χ3n) is 5.83. The molecule has 3 atom stereocenters. The fourth-order valence-corrected chi connectivity index (χ4v) is 4.22. The van der Waals surface area contributed by atoms with Crippen LogP contribution in [-0.4, -0.2) is 79.5 Å². The van der Waals surface area contributed by atoms with Crippen molar-refractivity contribution in [3.8, 4) is 0 Å². The van der Waals surface area contributed by atoms with Gasteiger partial charge in [0, 0.05) is 50.4 Å². The van der Waals surface area contributed by atoms with Gasteiger partial charge in [-0.1, -0.05) is 0 Å². The van der Waals surface area contributed by atoms with Gasteiger partial charge in [-0.2, -0.15) is 0 Å². The van der Waals surface area contributed by atoms with Crippen molar-refractivity contribution in [3.63, 3.8) is 0 Å². The van der Waals surface area contributed by atoms with Crippen LogP contribution < -0.4 is 21.5 Å². The number of halogens is 1. The normalized spacial score (nSPS) is 28.0. The topological polar surface area (TPSA) is 88.7 Å². The molecule has 3 fully saturated rings. The summed E-state index contributed by atoms with van der Waals surface area (Å²) < 4.78 is 12.9. The first-order valence-corrected chi connectivity index (χ1v) is 9.88. The maximum Gasteiger partial charge on any atom is 0.241 e. The third kappa shape index (κ3) is 4.33. The third-order valence-corrected chi connectivity index (χ3v) is 5.83. The summed E-state index contributed by atoms with van der Waals surface area (Å²) in [7, 11) is 0. The Hall–Kier alpha value is -2.07. The number of rotatable bonds is 4. The van der Waals surface area contributed by atoms with Crippen molar-refractivity contribution in [1.82, 2.24) is 26.0 Å². The molecule has 4 rings (SSSR count). The predicted molar refractivity (Wildman–Crippen MR) is 103 cm³/mol. The van der Waals surface area contributed by atoms with Gasteiger partial charge in [0.1, 0.15) is 11.9 Å². The van der Waals surface area contributed by atoms with Gasteiger partial charge in [-0.3, -0.25) is 19.9 Å². The summed E-state index contributed by atoms with van der Waals surface area (Å²) in [6.07, 6.45) is 1.03. The summed E-state index contributed by atoms with van der Waals surface area (Å²) in [6.45, 7) is 4.65. The van der Waals surface area contributed by atoms with Gasteiger partial charge >= 0.3 is 0 Å². The van der Waals surface area contributed by atoms with Gasteiger partial charge in [0.2, 0.25) is 11.8 Å². The second kappa shape index (κ2) is 8.52. The molecule has 2 amide bonds. The van der Waals surface area contributed by atoms with Crippen molar-refractivity contribution in [2.45, 2.75) is 18.5 Å². The van der Waals surface area contributed by atoms with E-state index in [4.69, 9.17) is 0 Å². The molecule has 0 saturated carbocycles. The summed E-state index contributed by atoms with van der Waals surface area (Å²) in [5.41, 5.74) is 7.03. The highest BCUT2D eigenvalue weighted by atomic mass is 19.1. The Bertz CT molecular complexity index is 707. The largest absolute Gasteiger partial charge is 0.339 e. The maximum absolute atomic E-state index is 12.9. The summed E-state index contributed by atoms with van der Waals surface area (Å²) in [6, 6.07) is 5.88. The molecule has 3 unspecified atom stereocenters. The highest BCUT2D eigenvalue weighted by Gasteiger charge is 2.43. The molecule has 0 aliphatic carbocycles. The van der Waals surface area contributed by atoms with E-state index in [1.807, 2.05) is 9.80 Å². The molecule has 28 heavy (non-hydrogen) atoms. The summed E-state index contributed by atoms with van der Waals surface area (Å²) in [5.74, 6) is -0.0508. The Balaban J connectivity index is 1.23. The van der Waals surface area contributed by atoms with E-state index < -0.39 is 0 Å². The maximum atomic E-state index is 12.9. The number of nitrogens with zero attached hydrogens (tertiary/aromatic N) is 2. The van der Waals surface area contributed by atoms with Crippen molar-refractivity contribution in [1.29, 1.82) is 0 Å². The number of fused-ring (bicyclic) bond motifs is 1. The Kier molecular flexibility index (Phi) is 5.86. The van der Waals surface area contributed by atoms with Crippen LogP contribution in [0, 0.1) is 11.7 Å². The van der Waals surface area contributed by atoms with Crippen LogP contribution in [0.3, 0.4) is 0 Å². The Morgan fingerprint density at radius 2 is 1.86 bits per heavy atom. The van der Waals surface area contributed by atoms with Crippen molar-refractivity contribution >= 4 is 17.5 Å². The lowest BCUT2D eigenvalue weighted by molar-refractivity contribution is -0.136. The fraction of sp³-hybridized carbons (Fsp3) is 0.579. The molecule has 0 spiro atoms. The Morgan fingerprint density at radius 1 is 1.11 bits per heavy atom. The van der Waals surface area contributed by atoms with Crippen LogP contribution in [0.15, 0.2) is 24.3 Å². The molecule has 0 bridgehead atoms. The minimum atomic E-state index is -0.332. The minimum Gasteiger partial charge on any atom is -0.339 e. The number of piperazine rings is 1. The SMILES string of the molecule is O=C(CN1CCN(C(=O)C2NNC3CCNCC32)CC1)Nc1ccc(F)cc1. The van der Waals surface area contributed by atoms with Crippen molar-refractivity contribution in [2.75, 3.05) is 51.1 Å². The lowest BCUT2D eigenvalue weighted by Crippen LogP contribution is -2.56. The molecule has 8 nitrogen and oxygen atoms in total. The summed E-state index contributed by atoms with van der Waals surface area (Å²) in [4.78, 5) is 29.0. The number of carbonyl (C=O) groups is 2. The lowest BCUT2D eigenvalue weighted by atomic mass is 9.89. The lowest BCUT2D eigenvalue weighted by Gasteiger charge is -2.37. The number of hydrogen-bond donors (Lipinski definition) is 4. The van der Waals surface area contributed by atoms with Crippen LogP contribution in [-0.2, 0) is 9.59 Å². The van der Waals surface area contributed by atoms with E-state index in [-0.39, 0.29) is 36.1 Å². The molecule has 0 aromatic heterocycles. The first-order valence-electron chi connectivity index (χ1n) is 9.88. The first-order chi connectivity index (χ1) is 13.6. The number of hydrogen-bond acceptors (Lipinski definition) is 6. The second-order valence-corrected chi connectivity index (χ2v) is 7.69. The molecule has 3 aliphatic heterocycles. The zero-order valence-electron chi connectivity index (χ0n) is 15.8. The van der Waals surface area contributed by atoms with Crippen molar-refractivity contribution < 1.29 is 14.0 Å². The van der Waals surface area contributed by atoms with Gasteiger partial charge in [-0.05, 0) is 37.2 Å². The smallest absolute Gasteiger partial charge is 0.241 e. The monoisotopic (exact) mass is 390 g/mol. The summed E-state index contributed by atoms with van der Waals surface area (Å²) >= 11 is 0. The number of anilines is 1. The van der Waals surface area contributed by atoms with Crippen LogP contribution in [0.4, 0.5) is 10.1 Å². The molecule has 3 saturated heterocycles.